The lowest BCUT2D eigenvalue weighted by Gasteiger charge is -2.07. The molecule has 0 radical (unpaired) electrons. The molecule has 0 fully saturated rings. The van der Waals surface area contributed by atoms with E-state index in [2.05, 4.69) is 0 Å². The molecule has 0 N–H and O–H groups in total. The molecule has 0 saturated carbocycles. The lowest BCUT2D eigenvalue weighted by molar-refractivity contribution is 0.415. The Hall–Kier alpha value is -1.18. The van der Waals surface area contributed by atoms with Gasteiger partial charge < -0.3 is 4.74 Å². The molecule has 0 spiro atoms. The molecule has 88 valence electrons. The summed E-state index contributed by atoms with van der Waals surface area (Å²) in [6, 6.07) is 13.6. The molecule has 0 aliphatic heterocycles. The highest BCUT2D eigenvalue weighted by Crippen LogP contribution is 2.30. The summed E-state index contributed by atoms with van der Waals surface area (Å²) in [6.45, 7) is 0. The molecule has 0 bridgehead atoms. The third-order valence-electron chi connectivity index (χ3n) is 2.59. The topological polar surface area (TPSA) is 9.23 Å². The minimum absolute atomic E-state index is 0.486. The average molecular weight is 267 g/mol. The maximum atomic E-state index is 6.19. The monoisotopic (exact) mass is 266 g/mol. The minimum Gasteiger partial charge on any atom is -0.497 e. The molecule has 1 nitrogen and oxygen atoms in total. The zero-order valence-electron chi connectivity index (χ0n) is 9.41. The van der Waals surface area contributed by atoms with E-state index in [0.29, 0.717) is 5.88 Å². The highest BCUT2D eigenvalue weighted by Gasteiger charge is 2.05. The molecule has 2 rings (SSSR count). The molecule has 3 heteroatoms. The maximum absolute atomic E-state index is 6.19. The predicted molar refractivity (Wildman–Crippen MR) is 73.0 cm³/mol. The molecule has 2 aromatic carbocycles. The summed E-state index contributed by atoms with van der Waals surface area (Å²) in [5.41, 5.74) is 3.11. The second kappa shape index (κ2) is 5.44. The minimum atomic E-state index is 0.486. The van der Waals surface area contributed by atoms with E-state index in [1.807, 2.05) is 42.5 Å². The first-order valence-electron chi connectivity index (χ1n) is 5.23. The number of hydrogen-bond acceptors (Lipinski definition) is 1. The van der Waals surface area contributed by atoms with Gasteiger partial charge in [-0.15, -0.1) is 11.6 Å². The Kier molecular flexibility index (Phi) is 3.93. The molecule has 0 aliphatic rings. The zero-order chi connectivity index (χ0) is 12.3. The smallest absolute Gasteiger partial charge is 0.118 e. The Morgan fingerprint density at radius 2 is 1.76 bits per heavy atom. The van der Waals surface area contributed by atoms with Crippen LogP contribution in [0.25, 0.3) is 11.1 Å². The van der Waals surface area contributed by atoms with Crippen molar-refractivity contribution in [2.45, 2.75) is 5.88 Å². The van der Waals surface area contributed by atoms with Crippen molar-refractivity contribution >= 4 is 23.2 Å². The summed E-state index contributed by atoms with van der Waals surface area (Å²) in [7, 11) is 1.65. The Bertz CT molecular complexity index is 506. The number of rotatable bonds is 3. The SMILES string of the molecule is COc1ccc(-c2cc(CCl)ccc2Cl)cc1. The van der Waals surface area contributed by atoms with Crippen LogP contribution in [0.2, 0.25) is 5.02 Å². The molecule has 0 heterocycles. The van der Waals surface area contributed by atoms with E-state index in [0.717, 1.165) is 27.5 Å². The third-order valence-corrected chi connectivity index (χ3v) is 3.22. The molecule has 0 unspecified atom stereocenters. The van der Waals surface area contributed by atoms with Gasteiger partial charge in [-0.3, -0.25) is 0 Å². The highest BCUT2D eigenvalue weighted by molar-refractivity contribution is 6.33. The zero-order valence-corrected chi connectivity index (χ0v) is 10.9. The van der Waals surface area contributed by atoms with Crippen molar-refractivity contribution in [3.8, 4) is 16.9 Å². The van der Waals surface area contributed by atoms with Crippen molar-refractivity contribution in [3.05, 3.63) is 53.1 Å². The van der Waals surface area contributed by atoms with Crippen molar-refractivity contribution in [1.29, 1.82) is 0 Å². The lowest BCUT2D eigenvalue weighted by Crippen LogP contribution is -1.85. The van der Waals surface area contributed by atoms with Gasteiger partial charge in [0.2, 0.25) is 0 Å². The van der Waals surface area contributed by atoms with Gasteiger partial charge >= 0.3 is 0 Å². The van der Waals surface area contributed by atoms with Gasteiger partial charge in [0.25, 0.3) is 0 Å². The molecule has 0 saturated heterocycles. The molecule has 0 atom stereocenters. The first-order valence-corrected chi connectivity index (χ1v) is 6.14. The second-order valence-electron chi connectivity index (χ2n) is 3.68. The van der Waals surface area contributed by atoms with Crippen molar-refractivity contribution in [1.82, 2.24) is 0 Å². The van der Waals surface area contributed by atoms with Crippen LogP contribution < -0.4 is 4.74 Å². The highest BCUT2D eigenvalue weighted by atomic mass is 35.5. The lowest BCUT2D eigenvalue weighted by atomic mass is 10.0. The van der Waals surface area contributed by atoms with Gasteiger partial charge in [-0.25, -0.2) is 0 Å². The van der Waals surface area contributed by atoms with Crippen LogP contribution in [0.4, 0.5) is 0 Å². The first-order chi connectivity index (χ1) is 8.24. The van der Waals surface area contributed by atoms with Crippen LogP contribution in [0.15, 0.2) is 42.5 Å². The van der Waals surface area contributed by atoms with Crippen LogP contribution in [0.5, 0.6) is 5.75 Å². The van der Waals surface area contributed by atoms with E-state index in [4.69, 9.17) is 27.9 Å². The van der Waals surface area contributed by atoms with Gasteiger partial charge in [0.1, 0.15) is 5.75 Å². The van der Waals surface area contributed by atoms with Gasteiger partial charge in [-0.05, 0) is 35.4 Å². The van der Waals surface area contributed by atoms with Crippen molar-refractivity contribution in [2.75, 3.05) is 7.11 Å². The fraction of sp³-hybridized carbons (Fsp3) is 0.143. The van der Waals surface area contributed by atoms with E-state index < -0.39 is 0 Å². The van der Waals surface area contributed by atoms with Crippen LogP contribution in [0.3, 0.4) is 0 Å². The van der Waals surface area contributed by atoms with E-state index in [1.165, 1.54) is 0 Å². The molecule has 0 aromatic heterocycles. The van der Waals surface area contributed by atoms with E-state index in [1.54, 1.807) is 7.11 Å². The number of halogens is 2. The summed E-state index contributed by atoms with van der Waals surface area (Å²) in [5, 5.41) is 0.726. The van der Waals surface area contributed by atoms with Crippen molar-refractivity contribution in [3.63, 3.8) is 0 Å². The van der Waals surface area contributed by atoms with Crippen LogP contribution >= 0.6 is 23.2 Å². The number of benzene rings is 2. The molecule has 2 aromatic rings. The molecule has 0 amide bonds. The fourth-order valence-corrected chi connectivity index (χ4v) is 2.04. The third kappa shape index (κ3) is 2.74. The van der Waals surface area contributed by atoms with Crippen LogP contribution in [0.1, 0.15) is 5.56 Å². The van der Waals surface area contributed by atoms with Gasteiger partial charge in [0.05, 0.1) is 7.11 Å². The van der Waals surface area contributed by atoms with Crippen LogP contribution in [0, 0.1) is 0 Å². The van der Waals surface area contributed by atoms with E-state index in [-0.39, 0.29) is 0 Å². The number of ether oxygens (including phenoxy) is 1. The van der Waals surface area contributed by atoms with Crippen molar-refractivity contribution < 1.29 is 4.74 Å². The normalized spacial score (nSPS) is 10.3. The number of methoxy groups -OCH3 is 1. The molecular weight excluding hydrogens is 255 g/mol. The second-order valence-corrected chi connectivity index (χ2v) is 4.35. The standard InChI is InChI=1S/C14H12Cl2O/c1-17-12-5-3-11(4-6-12)13-8-10(9-15)2-7-14(13)16/h2-8H,9H2,1H3. The molecule has 0 aliphatic carbocycles. The summed E-state index contributed by atoms with van der Waals surface area (Å²) in [5.74, 6) is 1.32. The fourth-order valence-electron chi connectivity index (χ4n) is 1.65. The summed E-state index contributed by atoms with van der Waals surface area (Å²) < 4.78 is 5.13. The van der Waals surface area contributed by atoms with Gasteiger partial charge in [0, 0.05) is 16.5 Å². The number of hydrogen-bond donors (Lipinski definition) is 0. The summed E-state index contributed by atoms with van der Waals surface area (Å²) in [4.78, 5) is 0. The quantitative estimate of drug-likeness (QED) is 0.729. The Labute approximate surface area is 111 Å². The molecular formula is C14H12Cl2O. The first kappa shape index (κ1) is 12.3. The van der Waals surface area contributed by atoms with E-state index in [9.17, 15) is 0 Å². The van der Waals surface area contributed by atoms with Crippen LogP contribution in [-0.2, 0) is 5.88 Å². The average Bonchev–Trinajstić information content (AvgIpc) is 2.39. The van der Waals surface area contributed by atoms with Crippen LogP contribution in [-0.4, -0.2) is 7.11 Å². The Morgan fingerprint density at radius 1 is 1.06 bits per heavy atom. The molecule has 17 heavy (non-hydrogen) atoms. The summed E-state index contributed by atoms with van der Waals surface area (Å²) >= 11 is 12.0. The Balaban J connectivity index is 2.43. The van der Waals surface area contributed by atoms with Crippen molar-refractivity contribution in [2.24, 2.45) is 0 Å². The Morgan fingerprint density at radius 3 is 2.35 bits per heavy atom. The summed E-state index contributed by atoms with van der Waals surface area (Å²) in [6.07, 6.45) is 0. The van der Waals surface area contributed by atoms with Gasteiger partial charge in [-0.2, -0.15) is 0 Å². The van der Waals surface area contributed by atoms with Gasteiger partial charge in [-0.1, -0.05) is 29.8 Å². The van der Waals surface area contributed by atoms with E-state index >= 15 is 0 Å². The number of alkyl halides is 1. The largest absolute Gasteiger partial charge is 0.497 e. The maximum Gasteiger partial charge on any atom is 0.118 e. The predicted octanol–water partition coefficient (Wildman–Crippen LogP) is 4.75. The van der Waals surface area contributed by atoms with Gasteiger partial charge in [0.15, 0.2) is 0 Å².